The van der Waals surface area contributed by atoms with Crippen LogP contribution in [0.25, 0.3) is 11.1 Å². The average Bonchev–Trinajstić information content (AvgIpc) is 3.10. The monoisotopic (exact) mass is 420 g/mol. The number of hydrogen-bond donors (Lipinski definition) is 2. The molecule has 2 unspecified atom stereocenters. The van der Waals surface area contributed by atoms with Gasteiger partial charge in [-0.2, -0.15) is 4.31 Å². The number of hydrogen-bond acceptors (Lipinski definition) is 4. The molecule has 1 saturated heterocycles. The van der Waals surface area contributed by atoms with Crippen LogP contribution in [0.5, 0.6) is 0 Å². The molecule has 0 aromatic heterocycles. The maximum Gasteiger partial charge on any atom is 0.308 e. The molecule has 2 N–H and O–H groups in total. The van der Waals surface area contributed by atoms with Crippen molar-refractivity contribution in [3.63, 3.8) is 0 Å². The normalized spacial score (nSPS) is 22.8. The second kappa shape index (κ2) is 7.48. The van der Waals surface area contributed by atoms with Crippen LogP contribution in [-0.2, 0) is 21.2 Å². The van der Waals surface area contributed by atoms with Crippen molar-refractivity contribution in [1.82, 2.24) is 9.62 Å². The summed E-state index contributed by atoms with van der Waals surface area (Å²) in [7, 11) is -3.78. The highest BCUT2D eigenvalue weighted by molar-refractivity contribution is 7.89. The van der Waals surface area contributed by atoms with Gasteiger partial charge >= 0.3 is 5.97 Å². The van der Waals surface area contributed by atoms with Gasteiger partial charge in [0.15, 0.2) is 0 Å². The summed E-state index contributed by atoms with van der Waals surface area (Å²) in [5.41, 5.74) is 3.14. The number of halogens is 1. The summed E-state index contributed by atoms with van der Waals surface area (Å²) in [5.74, 6) is -2.08. The zero-order chi connectivity index (χ0) is 19.9. The minimum atomic E-state index is -3.78. The fourth-order valence-electron chi connectivity index (χ4n) is 4.19. The van der Waals surface area contributed by atoms with E-state index < -0.39 is 27.2 Å². The summed E-state index contributed by atoms with van der Waals surface area (Å²) in [4.78, 5) is 12.0. The molecule has 2 aliphatic rings. The zero-order valence-electron chi connectivity index (χ0n) is 15.1. The Morgan fingerprint density at radius 1 is 1.11 bits per heavy atom. The Bertz CT molecular complexity index is 1000. The summed E-state index contributed by atoms with van der Waals surface area (Å²) in [6.45, 7) is 1.86. The Morgan fingerprint density at radius 2 is 1.79 bits per heavy atom. The van der Waals surface area contributed by atoms with Crippen LogP contribution in [0.1, 0.15) is 16.4 Å². The smallest absolute Gasteiger partial charge is 0.308 e. The van der Waals surface area contributed by atoms with Crippen LogP contribution in [-0.4, -0.2) is 50.0 Å². The Labute approximate surface area is 169 Å². The summed E-state index contributed by atoms with van der Waals surface area (Å²) in [6.07, 6.45) is 0.194. The van der Waals surface area contributed by atoms with Gasteiger partial charge in [-0.3, -0.25) is 4.79 Å². The lowest BCUT2D eigenvalue weighted by molar-refractivity contribution is -0.141. The van der Waals surface area contributed by atoms with Gasteiger partial charge in [-0.1, -0.05) is 41.9 Å². The summed E-state index contributed by atoms with van der Waals surface area (Å²) in [5, 5.41) is 12.5. The molecule has 8 heteroatoms. The Balaban J connectivity index is 1.82. The maximum absolute atomic E-state index is 13.4. The van der Waals surface area contributed by atoms with Crippen LogP contribution < -0.4 is 5.32 Å². The van der Waals surface area contributed by atoms with E-state index in [2.05, 4.69) is 5.32 Å². The molecule has 1 aliphatic carbocycles. The van der Waals surface area contributed by atoms with Gasteiger partial charge in [0.1, 0.15) is 5.25 Å². The van der Waals surface area contributed by atoms with Crippen LogP contribution in [0.2, 0.25) is 5.02 Å². The van der Waals surface area contributed by atoms with Crippen molar-refractivity contribution in [2.24, 2.45) is 5.92 Å². The number of piperazine rings is 1. The number of fused-ring (bicyclic) bond motifs is 1. The van der Waals surface area contributed by atoms with Crippen molar-refractivity contribution in [2.45, 2.75) is 11.7 Å². The van der Waals surface area contributed by atoms with Gasteiger partial charge in [-0.15, -0.1) is 0 Å². The third kappa shape index (κ3) is 3.33. The van der Waals surface area contributed by atoms with Crippen molar-refractivity contribution in [3.05, 3.63) is 58.6 Å². The predicted molar refractivity (Wildman–Crippen MR) is 108 cm³/mol. The number of rotatable bonds is 4. The first-order valence-electron chi connectivity index (χ1n) is 9.20. The van der Waals surface area contributed by atoms with E-state index in [0.717, 1.165) is 16.7 Å². The summed E-state index contributed by atoms with van der Waals surface area (Å²) >= 11 is 5.98. The predicted octanol–water partition coefficient (Wildman–Crippen LogP) is 2.54. The van der Waals surface area contributed by atoms with Crippen LogP contribution in [0.15, 0.2) is 42.5 Å². The molecule has 0 radical (unpaired) electrons. The van der Waals surface area contributed by atoms with E-state index in [1.54, 1.807) is 24.3 Å². The molecule has 1 heterocycles. The lowest BCUT2D eigenvalue weighted by atomic mass is 9.97. The SMILES string of the molecule is O=C(O)C1Cc2c(-c3ccc(Cl)cc3)cccc2C1S(=O)(=O)N1CCNCC1. The van der Waals surface area contributed by atoms with Crippen molar-refractivity contribution < 1.29 is 18.3 Å². The third-order valence-corrected chi connectivity index (χ3v) is 8.10. The summed E-state index contributed by atoms with van der Waals surface area (Å²) in [6, 6.07) is 12.7. The molecular formula is C20H21ClN2O4S. The Morgan fingerprint density at radius 3 is 2.43 bits per heavy atom. The Kier molecular flexibility index (Phi) is 5.18. The Hall–Kier alpha value is -1.93. The number of carbonyl (C=O) groups is 1. The number of sulfonamides is 1. The molecule has 2 atom stereocenters. The van der Waals surface area contributed by atoms with E-state index in [1.165, 1.54) is 4.31 Å². The van der Waals surface area contributed by atoms with E-state index >= 15 is 0 Å². The van der Waals surface area contributed by atoms with Gasteiger partial charge in [0, 0.05) is 31.2 Å². The number of nitrogens with zero attached hydrogens (tertiary/aromatic N) is 1. The first-order chi connectivity index (χ1) is 13.4. The molecule has 6 nitrogen and oxygen atoms in total. The number of aliphatic carboxylic acids is 1. The van der Waals surface area contributed by atoms with E-state index in [0.29, 0.717) is 36.8 Å². The van der Waals surface area contributed by atoms with Crippen molar-refractivity contribution in [2.75, 3.05) is 26.2 Å². The second-order valence-electron chi connectivity index (χ2n) is 7.14. The lowest BCUT2D eigenvalue weighted by Crippen LogP contribution is -2.48. The quantitative estimate of drug-likeness (QED) is 0.793. The van der Waals surface area contributed by atoms with Gasteiger partial charge in [-0.05, 0) is 40.8 Å². The summed E-state index contributed by atoms with van der Waals surface area (Å²) < 4.78 is 28.2. The molecule has 2 aromatic rings. The van der Waals surface area contributed by atoms with Crippen molar-refractivity contribution in [1.29, 1.82) is 0 Å². The fourth-order valence-corrected chi connectivity index (χ4v) is 6.50. The molecule has 2 aromatic carbocycles. The lowest BCUT2D eigenvalue weighted by Gasteiger charge is -2.31. The second-order valence-corrected chi connectivity index (χ2v) is 9.63. The molecule has 0 bridgehead atoms. The van der Waals surface area contributed by atoms with Crippen LogP contribution in [0, 0.1) is 5.92 Å². The van der Waals surface area contributed by atoms with Gasteiger partial charge in [-0.25, -0.2) is 8.42 Å². The molecule has 0 amide bonds. The highest BCUT2D eigenvalue weighted by Crippen LogP contribution is 2.46. The molecule has 28 heavy (non-hydrogen) atoms. The fraction of sp³-hybridized carbons (Fsp3) is 0.350. The topological polar surface area (TPSA) is 86.7 Å². The molecule has 1 aliphatic heterocycles. The highest BCUT2D eigenvalue weighted by Gasteiger charge is 2.48. The maximum atomic E-state index is 13.4. The number of nitrogens with one attached hydrogen (secondary N) is 1. The first kappa shape index (κ1) is 19.4. The van der Waals surface area contributed by atoms with Crippen LogP contribution >= 0.6 is 11.6 Å². The standard InChI is InChI=1S/C20H21ClN2O4S/c21-14-6-4-13(5-7-14)15-2-1-3-16-17(15)12-18(20(24)25)19(16)28(26,27)23-10-8-22-9-11-23/h1-7,18-19,22H,8-12H2,(H,24,25). The van der Waals surface area contributed by atoms with Gasteiger partial charge < -0.3 is 10.4 Å². The largest absolute Gasteiger partial charge is 0.481 e. The first-order valence-corrected chi connectivity index (χ1v) is 11.1. The van der Waals surface area contributed by atoms with E-state index in [9.17, 15) is 18.3 Å². The highest BCUT2D eigenvalue weighted by atomic mass is 35.5. The van der Waals surface area contributed by atoms with Crippen LogP contribution in [0.4, 0.5) is 0 Å². The van der Waals surface area contributed by atoms with Gasteiger partial charge in [0.05, 0.1) is 5.92 Å². The minimum Gasteiger partial charge on any atom is -0.481 e. The average molecular weight is 421 g/mol. The van der Waals surface area contributed by atoms with Crippen molar-refractivity contribution in [3.8, 4) is 11.1 Å². The molecule has 1 fully saturated rings. The number of carboxylic acid groups (broad SMARTS) is 1. The zero-order valence-corrected chi connectivity index (χ0v) is 16.7. The van der Waals surface area contributed by atoms with E-state index in [1.807, 2.05) is 18.2 Å². The minimum absolute atomic E-state index is 0.194. The number of carboxylic acids is 1. The molecule has 4 rings (SSSR count). The van der Waals surface area contributed by atoms with E-state index in [-0.39, 0.29) is 6.42 Å². The molecular weight excluding hydrogens is 400 g/mol. The van der Waals surface area contributed by atoms with Crippen molar-refractivity contribution >= 4 is 27.6 Å². The van der Waals surface area contributed by atoms with E-state index in [4.69, 9.17) is 11.6 Å². The van der Waals surface area contributed by atoms with Crippen LogP contribution in [0.3, 0.4) is 0 Å². The number of benzene rings is 2. The molecule has 0 spiro atoms. The molecule has 148 valence electrons. The van der Waals surface area contributed by atoms with Gasteiger partial charge in [0.25, 0.3) is 0 Å². The molecule has 0 saturated carbocycles. The third-order valence-electron chi connectivity index (χ3n) is 5.54. The van der Waals surface area contributed by atoms with Gasteiger partial charge in [0.2, 0.25) is 10.0 Å².